The summed E-state index contributed by atoms with van der Waals surface area (Å²) >= 11 is 0. The maximum Gasteiger partial charge on any atom is 0.311 e. The second-order valence-electron chi connectivity index (χ2n) is 7.15. The van der Waals surface area contributed by atoms with E-state index in [4.69, 9.17) is 0 Å². The monoisotopic (exact) mass is 350 g/mol. The first-order valence-electron chi connectivity index (χ1n) is 8.90. The van der Waals surface area contributed by atoms with E-state index in [2.05, 4.69) is 19.9 Å². The smallest absolute Gasteiger partial charge is 0.311 e. The molecule has 3 heterocycles. The Morgan fingerprint density at radius 3 is 2.96 bits per heavy atom. The molecule has 2 aromatic heterocycles. The Balaban J connectivity index is 1.69. The van der Waals surface area contributed by atoms with Crippen LogP contribution in [0.1, 0.15) is 24.0 Å². The number of hydrogen-bond acceptors (Lipinski definition) is 4. The van der Waals surface area contributed by atoms with Crippen LogP contribution in [0.5, 0.6) is 0 Å². The molecule has 0 saturated carbocycles. The number of fused-ring (bicyclic) bond motifs is 1. The fourth-order valence-electron chi connectivity index (χ4n) is 3.99. The minimum atomic E-state index is -0.808. The van der Waals surface area contributed by atoms with Crippen LogP contribution >= 0.6 is 0 Å². The van der Waals surface area contributed by atoms with Gasteiger partial charge in [-0.3, -0.25) is 4.79 Å². The van der Waals surface area contributed by atoms with Gasteiger partial charge in [0.25, 0.3) is 0 Å². The van der Waals surface area contributed by atoms with Crippen molar-refractivity contribution in [3.63, 3.8) is 0 Å². The third-order valence-electron chi connectivity index (χ3n) is 5.45. The lowest BCUT2D eigenvalue weighted by Gasteiger charge is -2.41. The Labute approximate surface area is 151 Å². The number of aryl methyl sites for hydroxylation is 1. The molecule has 2 N–H and O–H groups in total. The molecule has 1 saturated heterocycles. The lowest BCUT2D eigenvalue weighted by atomic mass is 9.74. The second kappa shape index (κ2) is 6.44. The van der Waals surface area contributed by atoms with Crippen LogP contribution in [-0.2, 0) is 11.2 Å². The number of aliphatic carboxylic acids is 1. The number of hydrogen-bond donors (Lipinski definition) is 2. The van der Waals surface area contributed by atoms with Gasteiger partial charge >= 0.3 is 5.97 Å². The van der Waals surface area contributed by atoms with Crippen LogP contribution in [0.4, 0.5) is 5.82 Å². The molecule has 26 heavy (non-hydrogen) atoms. The average molecular weight is 350 g/mol. The van der Waals surface area contributed by atoms with E-state index in [1.807, 2.05) is 43.5 Å². The van der Waals surface area contributed by atoms with Crippen molar-refractivity contribution in [3.05, 3.63) is 54.0 Å². The number of H-pyrrole nitrogens is 1. The Morgan fingerprint density at radius 1 is 1.31 bits per heavy atom. The molecule has 0 amide bonds. The number of carbonyl (C=O) groups is 1. The molecule has 4 rings (SSSR count). The van der Waals surface area contributed by atoms with Crippen LogP contribution in [0, 0.1) is 12.3 Å². The van der Waals surface area contributed by atoms with Crippen molar-refractivity contribution in [2.75, 3.05) is 18.0 Å². The zero-order chi connectivity index (χ0) is 18.1. The van der Waals surface area contributed by atoms with Gasteiger partial charge in [-0.15, -0.1) is 0 Å². The van der Waals surface area contributed by atoms with E-state index in [-0.39, 0.29) is 0 Å². The summed E-state index contributed by atoms with van der Waals surface area (Å²) in [6.45, 7) is 3.30. The lowest BCUT2D eigenvalue weighted by Crippen LogP contribution is -2.49. The number of anilines is 1. The fraction of sp³-hybridized carbons (Fsp3) is 0.350. The van der Waals surface area contributed by atoms with Crippen molar-refractivity contribution in [3.8, 4) is 0 Å². The summed E-state index contributed by atoms with van der Waals surface area (Å²) in [5, 5.41) is 11.0. The number of rotatable bonds is 4. The third-order valence-corrected chi connectivity index (χ3v) is 5.45. The van der Waals surface area contributed by atoms with Crippen molar-refractivity contribution < 1.29 is 9.90 Å². The molecule has 0 spiro atoms. The minimum absolute atomic E-state index is 0.452. The summed E-state index contributed by atoms with van der Waals surface area (Å²) < 4.78 is 0. The van der Waals surface area contributed by atoms with Gasteiger partial charge in [0, 0.05) is 19.3 Å². The topological polar surface area (TPSA) is 82.1 Å². The molecular formula is C20H22N4O2. The molecule has 0 bridgehead atoms. The SMILES string of the molecule is Cc1ccccc1CC1(C(=O)O)CCCN(c2ncnc3[nH]ccc23)C1. The van der Waals surface area contributed by atoms with Crippen LogP contribution in [0.15, 0.2) is 42.9 Å². The summed E-state index contributed by atoms with van der Waals surface area (Å²) in [5.41, 5.74) is 2.21. The van der Waals surface area contributed by atoms with E-state index in [0.717, 1.165) is 40.9 Å². The molecule has 1 aliphatic heterocycles. The maximum atomic E-state index is 12.3. The number of benzene rings is 1. The van der Waals surface area contributed by atoms with Crippen molar-refractivity contribution in [1.82, 2.24) is 15.0 Å². The number of carboxylic acid groups (broad SMARTS) is 1. The van der Waals surface area contributed by atoms with E-state index < -0.39 is 11.4 Å². The second-order valence-corrected chi connectivity index (χ2v) is 7.15. The molecule has 1 atom stereocenters. The van der Waals surface area contributed by atoms with E-state index in [0.29, 0.717) is 19.4 Å². The predicted octanol–water partition coefficient (Wildman–Crippen LogP) is 3.18. The van der Waals surface area contributed by atoms with Crippen molar-refractivity contribution >= 4 is 22.8 Å². The Morgan fingerprint density at radius 2 is 2.15 bits per heavy atom. The molecule has 1 aromatic carbocycles. The number of nitrogens with zero attached hydrogens (tertiary/aromatic N) is 3. The van der Waals surface area contributed by atoms with Crippen LogP contribution in [0.25, 0.3) is 11.0 Å². The largest absolute Gasteiger partial charge is 0.481 e. The highest BCUT2D eigenvalue weighted by Crippen LogP contribution is 2.37. The van der Waals surface area contributed by atoms with Crippen molar-refractivity contribution in [2.45, 2.75) is 26.2 Å². The first kappa shape index (κ1) is 16.6. The van der Waals surface area contributed by atoms with Crippen LogP contribution < -0.4 is 4.90 Å². The highest BCUT2D eigenvalue weighted by molar-refractivity contribution is 5.88. The number of aromatic nitrogens is 3. The first-order valence-corrected chi connectivity index (χ1v) is 8.90. The number of aromatic amines is 1. The van der Waals surface area contributed by atoms with Gasteiger partial charge in [0.1, 0.15) is 17.8 Å². The van der Waals surface area contributed by atoms with Gasteiger partial charge in [0.05, 0.1) is 10.8 Å². The van der Waals surface area contributed by atoms with Gasteiger partial charge in [-0.1, -0.05) is 24.3 Å². The predicted molar refractivity (Wildman–Crippen MR) is 100 cm³/mol. The minimum Gasteiger partial charge on any atom is -0.481 e. The maximum absolute atomic E-state index is 12.3. The van der Waals surface area contributed by atoms with E-state index >= 15 is 0 Å². The van der Waals surface area contributed by atoms with Crippen molar-refractivity contribution in [1.29, 1.82) is 0 Å². The Hall–Kier alpha value is -2.89. The van der Waals surface area contributed by atoms with Crippen LogP contribution in [-0.4, -0.2) is 39.1 Å². The summed E-state index contributed by atoms with van der Waals surface area (Å²) in [7, 11) is 0. The number of nitrogens with one attached hydrogen (secondary N) is 1. The van der Waals surface area contributed by atoms with Crippen molar-refractivity contribution in [2.24, 2.45) is 5.41 Å². The van der Waals surface area contributed by atoms with Gasteiger partial charge < -0.3 is 15.0 Å². The zero-order valence-corrected chi connectivity index (χ0v) is 14.8. The number of carboxylic acids is 1. The molecule has 0 radical (unpaired) electrons. The standard InChI is InChI=1S/C20H22N4O2/c1-14-5-2-3-6-15(14)11-20(19(25)26)8-4-10-24(12-20)18-16-7-9-21-17(16)22-13-23-18/h2-3,5-7,9,13H,4,8,10-12H2,1H3,(H,25,26)(H,21,22,23). The molecule has 1 unspecified atom stereocenters. The summed E-state index contributed by atoms with van der Waals surface area (Å²) in [6.07, 6.45) is 5.41. The fourth-order valence-corrected chi connectivity index (χ4v) is 3.99. The Kier molecular flexibility index (Phi) is 4.11. The van der Waals surface area contributed by atoms with Gasteiger partial charge in [0.2, 0.25) is 0 Å². The summed E-state index contributed by atoms with van der Waals surface area (Å²) in [6, 6.07) is 9.99. The van der Waals surface area contributed by atoms with Crippen LogP contribution in [0.2, 0.25) is 0 Å². The molecule has 6 nitrogen and oxygen atoms in total. The Bertz CT molecular complexity index is 952. The molecule has 6 heteroatoms. The highest BCUT2D eigenvalue weighted by atomic mass is 16.4. The quantitative estimate of drug-likeness (QED) is 0.755. The number of piperidine rings is 1. The van der Waals surface area contributed by atoms with E-state index in [1.54, 1.807) is 0 Å². The molecular weight excluding hydrogens is 328 g/mol. The third kappa shape index (κ3) is 2.81. The molecule has 1 fully saturated rings. The molecule has 1 aliphatic rings. The zero-order valence-electron chi connectivity index (χ0n) is 14.8. The van der Waals surface area contributed by atoms with Crippen LogP contribution in [0.3, 0.4) is 0 Å². The van der Waals surface area contributed by atoms with Gasteiger partial charge in [0.15, 0.2) is 0 Å². The first-order chi connectivity index (χ1) is 12.6. The van der Waals surface area contributed by atoms with Gasteiger partial charge in [-0.2, -0.15) is 0 Å². The summed E-state index contributed by atoms with van der Waals surface area (Å²) in [4.78, 5) is 26.2. The van der Waals surface area contributed by atoms with E-state index in [9.17, 15) is 9.90 Å². The molecule has 3 aromatic rings. The normalized spacial score (nSPS) is 20.4. The molecule has 134 valence electrons. The average Bonchev–Trinajstić information content (AvgIpc) is 3.12. The highest BCUT2D eigenvalue weighted by Gasteiger charge is 2.43. The lowest BCUT2D eigenvalue weighted by molar-refractivity contribution is -0.149. The van der Waals surface area contributed by atoms with Gasteiger partial charge in [-0.25, -0.2) is 9.97 Å². The van der Waals surface area contributed by atoms with Gasteiger partial charge in [-0.05, 0) is 43.4 Å². The molecule has 0 aliphatic carbocycles. The summed E-state index contributed by atoms with van der Waals surface area (Å²) in [5.74, 6) is 0.0798. The van der Waals surface area contributed by atoms with E-state index in [1.165, 1.54) is 6.33 Å².